The van der Waals surface area contributed by atoms with Gasteiger partial charge >= 0.3 is 0 Å². The molecule has 2 aromatic rings. The first kappa shape index (κ1) is 18.4. The maximum Gasteiger partial charge on any atom is 0.263 e. The van der Waals surface area contributed by atoms with E-state index >= 15 is 0 Å². The molecule has 3 N–H and O–H groups in total. The van der Waals surface area contributed by atoms with Crippen LogP contribution in [-0.4, -0.2) is 45.9 Å². The number of hydrogen-bond acceptors (Lipinski definition) is 6. The molecule has 0 saturated carbocycles. The average molecular weight is 370 g/mol. The van der Waals surface area contributed by atoms with E-state index in [1.165, 1.54) is 4.68 Å². The van der Waals surface area contributed by atoms with E-state index in [1.807, 2.05) is 31.2 Å². The number of aromatic nitrogens is 3. The highest BCUT2D eigenvalue weighted by Gasteiger charge is 2.06. The lowest BCUT2D eigenvalue weighted by molar-refractivity contribution is 0.855. The molecule has 9 heteroatoms. The zero-order valence-corrected chi connectivity index (χ0v) is 15.0. The zero-order chi connectivity index (χ0) is 17.4. The Hall–Kier alpha value is -1.99. The number of benzene rings is 1. The summed E-state index contributed by atoms with van der Waals surface area (Å²) >= 11 is 11.7. The standard InChI is InChI=1S/C15H21Cl2N7/c1-2-14-20-22-15(24(14)18)21-19-11-12-3-5-13(6-4-12)23(9-7-16)10-8-17/h3-6,11H,2,7-10,18H2,1H3,(H,21,22). The van der Waals surface area contributed by atoms with E-state index in [1.54, 1.807) is 6.21 Å². The van der Waals surface area contributed by atoms with Crippen LogP contribution in [0.25, 0.3) is 0 Å². The summed E-state index contributed by atoms with van der Waals surface area (Å²) in [6.07, 6.45) is 2.40. The van der Waals surface area contributed by atoms with Crippen molar-refractivity contribution < 1.29 is 0 Å². The number of nitrogens with two attached hydrogens (primary N) is 1. The summed E-state index contributed by atoms with van der Waals surface area (Å²) in [6.45, 7) is 3.48. The summed E-state index contributed by atoms with van der Waals surface area (Å²) in [4.78, 5) is 2.14. The van der Waals surface area contributed by atoms with Gasteiger partial charge in [-0.15, -0.1) is 33.4 Å². The highest BCUT2D eigenvalue weighted by atomic mass is 35.5. The third-order valence-corrected chi connectivity index (χ3v) is 3.77. The second-order valence-electron chi connectivity index (χ2n) is 4.99. The van der Waals surface area contributed by atoms with Crippen LogP contribution in [0.2, 0.25) is 0 Å². The molecule has 0 amide bonds. The Morgan fingerprint density at radius 2 is 1.88 bits per heavy atom. The van der Waals surface area contributed by atoms with Crippen molar-refractivity contribution in [1.29, 1.82) is 0 Å². The Kier molecular flexibility index (Phi) is 7.14. The molecule has 0 unspecified atom stereocenters. The maximum absolute atomic E-state index is 5.83. The maximum atomic E-state index is 5.83. The Labute approximate surface area is 151 Å². The minimum atomic E-state index is 0.398. The molecule has 0 spiro atoms. The van der Waals surface area contributed by atoms with Crippen LogP contribution in [0.4, 0.5) is 11.6 Å². The molecule has 130 valence electrons. The smallest absolute Gasteiger partial charge is 0.263 e. The lowest BCUT2D eigenvalue weighted by Crippen LogP contribution is -2.27. The number of hydrazone groups is 1. The van der Waals surface area contributed by atoms with E-state index in [9.17, 15) is 0 Å². The number of alkyl halides is 2. The summed E-state index contributed by atoms with van der Waals surface area (Å²) in [6, 6.07) is 7.98. The van der Waals surface area contributed by atoms with Gasteiger partial charge in [-0.2, -0.15) is 5.10 Å². The van der Waals surface area contributed by atoms with Crippen LogP contribution in [0.3, 0.4) is 0 Å². The summed E-state index contributed by atoms with van der Waals surface area (Å²) in [5.74, 6) is 8.04. The van der Waals surface area contributed by atoms with E-state index in [0.29, 0.717) is 30.0 Å². The molecule has 0 aliphatic carbocycles. The molecular formula is C15H21Cl2N7. The highest BCUT2D eigenvalue weighted by molar-refractivity contribution is 6.18. The van der Waals surface area contributed by atoms with Crippen LogP contribution in [0, 0.1) is 0 Å². The van der Waals surface area contributed by atoms with E-state index in [-0.39, 0.29) is 0 Å². The molecule has 0 fully saturated rings. The van der Waals surface area contributed by atoms with Gasteiger partial charge in [0.15, 0.2) is 5.82 Å². The first-order valence-corrected chi connectivity index (χ1v) is 8.71. The average Bonchev–Trinajstić information content (AvgIpc) is 2.95. The van der Waals surface area contributed by atoms with Gasteiger partial charge in [0.2, 0.25) is 0 Å². The van der Waals surface area contributed by atoms with Crippen molar-refractivity contribution in [2.24, 2.45) is 5.10 Å². The Morgan fingerprint density at radius 3 is 2.42 bits per heavy atom. The summed E-state index contributed by atoms with van der Waals surface area (Å²) in [5, 5.41) is 12.0. The number of nitrogens with zero attached hydrogens (tertiary/aromatic N) is 5. The van der Waals surface area contributed by atoms with E-state index < -0.39 is 0 Å². The first-order valence-electron chi connectivity index (χ1n) is 7.65. The number of rotatable bonds is 9. The van der Waals surface area contributed by atoms with Gasteiger partial charge in [-0.05, 0) is 17.7 Å². The van der Waals surface area contributed by atoms with Crippen LogP contribution in [0.5, 0.6) is 0 Å². The number of anilines is 2. The number of nitrogen functional groups attached to an aromatic ring is 1. The Morgan fingerprint density at radius 1 is 1.21 bits per heavy atom. The number of nitrogens with one attached hydrogen (secondary N) is 1. The van der Waals surface area contributed by atoms with Crippen LogP contribution in [-0.2, 0) is 6.42 Å². The van der Waals surface area contributed by atoms with Crippen molar-refractivity contribution in [3.8, 4) is 0 Å². The fourth-order valence-corrected chi connectivity index (χ4v) is 2.56. The van der Waals surface area contributed by atoms with E-state index in [0.717, 1.165) is 24.3 Å². The van der Waals surface area contributed by atoms with Crippen molar-refractivity contribution in [1.82, 2.24) is 14.9 Å². The van der Waals surface area contributed by atoms with Crippen molar-refractivity contribution in [3.05, 3.63) is 35.7 Å². The number of hydrogen-bond donors (Lipinski definition) is 2. The minimum Gasteiger partial charge on any atom is -0.369 e. The van der Waals surface area contributed by atoms with Gasteiger partial charge in [0.1, 0.15) is 0 Å². The molecule has 1 aromatic carbocycles. The van der Waals surface area contributed by atoms with Crippen molar-refractivity contribution >= 4 is 41.1 Å². The number of aryl methyl sites for hydroxylation is 1. The quantitative estimate of drug-likeness (QED) is 0.306. The lowest BCUT2D eigenvalue weighted by Gasteiger charge is -2.22. The molecule has 0 aliphatic rings. The molecule has 0 bridgehead atoms. The SMILES string of the molecule is CCc1nnc(NN=Cc2ccc(N(CCCl)CCCl)cc2)n1N. The fourth-order valence-electron chi connectivity index (χ4n) is 2.15. The van der Waals surface area contributed by atoms with Gasteiger partial charge in [-0.3, -0.25) is 0 Å². The van der Waals surface area contributed by atoms with E-state index in [4.69, 9.17) is 29.0 Å². The lowest BCUT2D eigenvalue weighted by atomic mass is 10.2. The molecule has 7 nitrogen and oxygen atoms in total. The molecule has 2 rings (SSSR count). The zero-order valence-electron chi connectivity index (χ0n) is 13.5. The summed E-state index contributed by atoms with van der Waals surface area (Å²) in [7, 11) is 0. The molecule has 0 atom stereocenters. The molecular weight excluding hydrogens is 349 g/mol. The third kappa shape index (κ3) is 4.75. The Bertz CT molecular complexity index is 648. The second-order valence-corrected chi connectivity index (χ2v) is 5.75. The summed E-state index contributed by atoms with van der Waals surface area (Å²) in [5.41, 5.74) is 4.81. The van der Waals surface area contributed by atoms with Gasteiger partial charge in [0.05, 0.1) is 6.21 Å². The molecule has 0 aliphatic heterocycles. The second kappa shape index (κ2) is 9.34. The fraction of sp³-hybridized carbons (Fsp3) is 0.400. The van der Waals surface area contributed by atoms with Crippen LogP contribution in [0.1, 0.15) is 18.3 Å². The largest absolute Gasteiger partial charge is 0.369 e. The molecule has 0 radical (unpaired) electrons. The molecule has 24 heavy (non-hydrogen) atoms. The monoisotopic (exact) mass is 369 g/mol. The van der Waals surface area contributed by atoms with Crippen molar-refractivity contribution in [2.75, 3.05) is 41.0 Å². The van der Waals surface area contributed by atoms with Crippen LogP contribution in [0.15, 0.2) is 29.4 Å². The highest BCUT2D eigenvalue weighted by Crippen LogP contribution is 2.15. The topological polar surface area (TPSA) is 84.4 Å². The normalized spacial score (nSPS) is 11.1. The third-order valence-electron chi connectivity index (χ3n) is 3.43. The van der Waals surface area contributed by atoms with Gasteiger partial charge in [-0.25, -0.2) is 10.1 Å². The first-order chi connectivity index (χ1) is 11.7. The molecule has 0 saturated heterocycles. The predicted molar refractivity (Wildman–Crippen MR) is 101 cm³/mol. The molecule has 1 heterocycles. The van der Waals surface area contributed by atoms with Gasteiger partial charge in [0.25, 0.3) is 5.95 Å². The van der Waals surface area contributed by atoms with Crippen molar-refractivity contribution in [2.45, 2.75) is 13.3 Å². The van der Waals surface area contributed by atoms with Crippen LogP contribution < -0.4 is 16.2 Å². The van der Waals surface area contributed by atoms with E-state index in [2.05, 4.69) is 25.6 Å². The Balaban J connectivity index is 1.98. The summed E-state index contributed by atoms with van der Waals surface area (Å²) < 4.78 is 1.39. The van der Waals surface area contributed by atoms with Crippen molar-refractivity contribution in [3.63, 3.8) is 0 Å². The van der Waals surface area contributed by atoms with Gasteiger partial charge < -0.3 is 10.7 Å². The molecule has 1 aromatic heterocycles. The van der Waals surface area contributed by atoms with Gasteiger partial charge in [0, 0.05) is 37.0 Å². The minimum absolute atomic E-state index is 0.398. The van der Waals surface area contributed by atoms with Gasteiger partial charge in [-0.1, -0.05) is 19.1 Å². The predicted octanol–water partition coefficient (Wildman–Crippen LogP) is 2.28. The number of halogens is 2. The van der Waals surface area contributed by atoms with Crippen LogP contribution >= 0.6 is 23.2 Å².